The highest BCUT2D eigenvalue weighted by Gasteiger charge is 2.19. The summed E-state index contributed by atoms with van der Waals surface area (Å²) in [4.78, 5) is 12.9. The Balaban J connectivity index is 2.69. The number of hydrogen-bond acceptors (Lipinski definition) is 3. The van der Waals surface area contributed by atoms with Gasteiger partial charge in [-0.3, -0.25) is 4.79 Å². The number of methoxy groups -OCH3 is 1. The quantitative estimate of drug-likeness (QED) is 0.538. The number of hydrogen-bond donors (Lipinski definition) is 0. The lowest BCUT2D eigenvalue weighted by Crippen LogP contribution is -2.18. The summed E-state index contributed by atoms with van der Waals surface area (Å²) in [7, 11) is 1.46. The molecule has 0 fully saturated rings. The second kappa shape index (κ2) is 8.26. The fourth-order valence-electron chi connectivity index (χ4n) is 1.84. The van der Waals surface area contributed by atoms with E-state index < -0.39 is 0 Å². The van der Waals surface area contributed by atoms with E-state index in [9.17, 15) is 4.79 Å². The molecule has 0 aromatic heterocycles. The maximum atomic E-state index is 11.8. The molecule has 0 aliphatic carbocycles. The van der Waals surface area contributed by atoms with E-state index >= 15 is 0 Å². The maximum Gasteiger partial charge on any atom is 0.319 e. The van der Waals surface area contributed by atoms with Gasteiger partial charge in [0.25, 0.3) is 0 Å². The van der Waals surface area contributed by atoms with Crippen LogP contribution in [0, 0.1) is 0 Å². The third kappa shape index (κ3) is 5.27. The summed E-state index contributed by atoms with van der Waals surface area (Å²) in [5.74, 6) is 0.418. The summed E-state index contributed by atoms with van der Waals surface area (Å²) in [5, 5.41) is -0.0881. The van der Waals surface area contributed by atoms with Crippen molar-refractivity contribution in [2.45, 2.75) is 56.1 Å². The van der Waals surface area contributed by atoms with Crippen molar-refractivity contribution in [1.29, 1.82) is 0 Å². The summed E-state index contributed by atoms with van der Waals surface area (Å²) >= 11 is 1.61. The van der Waals surface area contributed by atoms with Crippen LogP contribution in [0.4, 0.5) is 0 Å². The van der Waals surface area contributed by atoms with Crippen LogP contribution in [0.1, 0.15) is 51.5 Å². The van der Waals surface area contributed by atoms with Gasteiger partial charge >= 0.3 is 5.97 Å². The van der Waals surface area contributed by atoms with E-state index in [1.165, 1.54) is 12.7 Å². The van der Waals surface area contributed by atoms with Gasteiger partial charge in [-0.2, -0.15) is 0 Å². The second-order valence-corrected chi connectivity index (χ2v) is 6.27. The Morgan fingerprint density at radius 3 is 2.37 bits per heavy atom. The SMILES string of the molecule is CCCCC(Sc1ccc(C(C)C)cc1)C(=O)OC. The van der Waals surface area contributed by atoms with E-state index in [-0.39, 0.29) is 11.2 Å². The van der Waals surface area contributed by atoms with Gasteiger partial charge in [-0.05, 0) is 30.0 Å². The Hall–Kier alpha value is -0.960. The lowest BCUT2D eigenvalue weighted by atomic mass is 10.0. The number of carbonyl (C=O) groups is 1. The molecule has 0 aliphatic rings. The molecule has 0 heterocycles. The van der Waals surface area contributed by atoms with Crippen LogP contribution in [0.2, 0.25) is 0 Å². The summed E-state index contributed by atoms with van der Waals surface area (Å²) in [6.07, 6.45) is 3.02. The Bertz CT molecular complexity index is 384. The van der Waals surface area contributed by atoms with Crippen molar-refractivity contribution in [3.63, 3.8) is 0 Å². The minimum atomic E-state index is -0.119. The number of rotatable bonds is 7. The first-order valence-corrected chi connectivity index (χ1v) is 7.80. The topological polar surface area (TPSA) is 26.3 Å². The third-order valence-corrected chi connectivity index (χ3v) is 4.37. The lowest BCUT2D eigenvalue weighted by molar-refractivity contribution is -0.140. The number of thioether (sulfide) groups is 1. The zero-order valence-corrected chi connectivity index (χ0v) is 13.1. The molecule has 0 N–H and O–H groups in total. The number of unbranched alkanes of at least 4 members (excludes halogenated alkanes) is 1. The number of esters is 1. The van der Waals surface area contributed by atoms with Gasteiger partial charge in [-0.25, -0.2) is 0 Å². The molecule has 0 radical (unpaired) electrons. The van der Waals surface area contributed by atoms with Gasteiger partial charge < -0.3 is 4.74 Å². The standard InChI is InChI=1S/C16H24O2S/c1-5-6-7-15(16(17)18-4)19-14-10-8-13(9-11-14)12(2)3/h8-12,15H,5-7H2,1-4H3. The molecule has 0 spiro atoms. The van der Waals surface area contributed by atoms with Crippen LogP contribution in [0.3, 0.4) is 0 Å². The van der Waals surface area contributed by atoms with Gasteiger partial charge in [0.2, 0.25) is 0 Å². The molecule has 2 nitrogen and oxygen atoms in total. The van der Waals surface area contributed by atoms with Gasteiger partial charge in [0.05, 0.1) is 7.11 Å². The van der Waals surface area contributed by atoms with Gasteiger partial charge in [-0.15, -0.1) is 11.8 Å². The van der Waals surface area contributed by atoms with Gasteiger partial charge in [0, 0.05) is 4.90 Å². The summed E-state index contributed by atoms with van der Waals surface area (Å²) in [6.45, 7) is 6.50. The fourth-order valence-corrected chi connectivity index (χ4v) is 2.94. The fraction of sp³-hybridized carbons (Fsp3) is 0.562. The predicted octanol–water partition coefficient (Wildman–Crippen LogP) is 4.63. The van der Waals surface area contributed by atoms with E-state index in [1.54, 1.807) is 11.8 Å². The van der Waals surface area contributed by atoms with Gasteiger partial charge in [0.1, 0.15) is 5.25 Å². The number of carbonyl (C=O) groups excluding carboxylic acids is 1. The molecular weight excluding hydrogens is 256 g/mol. The molecule has 0 amide bonds. The van der Waals surface area contributed by atoms with Crippen LogP contribution in [0.15, 0.2) is 29.2 Å². The summed E-state index contributed by atoms with van der Waals surface area (Å²) in [6, 6.07) is 8.48. The van der Waals surface area contributed by atoms with Crippen molar-refractivity contribution in [2.75, 3.05) is 7.11 Å². The van der Waals surface area contributed by atoms with Crippen molar-refractivity contribution in [1.82, 2.24) is 0 Å². The van der Waals surface area contributed by atoms with Crippen molar-refractivity contribution in [3.05, 3.63) is 29.8 Å². The van der Waals surface area contributed by atoms with E-state index in [2.05, 4.69) is 45.0 Å². The second-order valence-electron chi connectivity index (χ2n) is 5.00. The molecule has 3 heteroatoms. The molecule has 1 rings (SSSR count). The Kier molecular flexibility index (Phi) is 7.00. The van der Waals surface area contributed by atoms with Crippen molar-refractivity contribution < 1.29 is 9.53 Å². The minimum Gasteiger partial charge on any atom is -0.468 e. The number of benzene rings is 1. The van der Waals surface area contributed by atoms with Crippen LogP contribution < -0.4 is 0 Å². The third-order valence-electron chi connectivity index (χ3n) is 3.11. The molecule has 106 valence electrons. The zero-order chi connectivity index (χ0) is 14.3. The average molecular weight is 280 g/mol. The highest BCUT2D eigenvalue weighted by atomic mass is 32.2. The Morgan fingerprint density at radius 2 is 1.89 bits per heavy atom. The molecule has 0 bridgehead atoms. The largest absolute Gasteiger partial charge is 0.468 e. The maximum absolute atomic E-state index is 11.8. The molecule has 0 saturated carbocycles. The smallest absolute Gasteiger partial charge is 0.319 e. The molecule has 0 aliphatic heterocycles. The lowest BCUT2D eigenvalue weighted by Gasteiger charge is -2.14. The molecule has 0 saturated heterocycles. The predicted molar refractivity (Wildman–Crippen MR) is 81.7 cm³/mol. The van der Waals surface area contributed by atoms with Crippen LogP contribution in [-0.4, -0.2) is 18.3 Å². The van der Waals surface area contributed by atoms with Crippen LogP contribution >= 0.6 is 11.8 Å². The van der Waals surface area contributed by atoms with Crippen molar-refractivity contribution in [3.8, 4) is 0 Å². The number of ether oxygens (including phenoxy) is 1. The van der Waals surface area contributed by atoms with E-state index in [0.717, 1.165) is 24.2 Å². The van der Waals surface area contributed by atoms with Crippen molar-refractivity contribution >= 4 is 17.7 Å². The minimum absolute atomic E-state index is 0.0881. The summed E-state index contributed by atoms with van der Waals surface area (Å²) < 4.78 is 4.88. The normalized spacial score (nSPS) is 12.5. The molecule has 1 aromatic carbocycles. The first-order chi connectivity index (χ1) is 9.08. The zero-order valence-electron chi connectivity index (χ0n) is 12.3. The average Bonchev–Trinajstić information content (AvgIpc) is 2.43. The summed E-state index contributed by atoms with van der Waals surface area (Å²) in [5.41, 5.74) is 1.33. The Morgan fingerprint density at radius 1 is 1.26 bits per heavy atom. The van der Waals surface area contributed by atoms with Crippen LogP contribution in [0.5, 0.6) is 0 Å². The molecular formula is C16H24O2S. The van der Waals surface area contributed by atoms with E-state index in [0.29, 0.717) is 5.92 Å². The van der Waals surface area contributed by atoms with E-state index in [4.69, 9.17) is 4.74 Å². The molecule has 1 atom stereocenters. The van der Waals surface area contributed by atoms with Gasteiger partial charge in [0.15, 0.2) is 0 Å². The molecule has 1 unspecified atom stereocenters. The highest BCUT2D eigenvalue weighted by Crippen LogP contribution is 2.28. The molecule has 1 aromatic rings. The van der Waals surface area contributed by atoms with Crippen molar-refractivity contribution in [2.24, 2.45) is 0 Å². The first-order valence-electron chi connectivity index (χ1n) is 6.93. The van der Waals surface area contributed by atoms with E-state index in [1.807, 2.05) is 0 Å². The first kappa shape index (κ1) is 16.1. The van der Waals surface area contributed by atoms with Crippen LogP contribution in [0.25, 0.3) is 0 Å². The Labute approximate surface area is 120 Å². The highest BCUT2D eigenvalue weighted by molar-refractivity contribution is 8.00. The van der Waals surface area contributed by atoms with Crippen LogP contribution in [-0.2, 0) is 9.53 Å². The monoisotopic (exact) mass is 280 g/mol. The van der Waals surface area contributed by atoms with Gasteiger partial charge in [-0.1, -0.05) is 45.7 Å². The molecule has 19 heavy (non-hydrogen) atoms.